The fourth-order valence-corrected chi connectivity index (χ4v) is 11.0. The Morgan fingerprint density at radius 2 is 1.48 bits per heavy atom. The van der Waals surface area contributed by atoms with Crippen LogP contribution in [0.3, 0.4) is 0 Å². The third-order valence-corrected chi connectivity index (χ3v) is 13.5. The molecule has 0 aliphatic heterocycles. The van der Waals surface area contributed by atoms with Crippen molar-refractivity contribution in [3.63, 3.8) is 0 Å². The Bertz CT molecular complexity index is 1040. The van der Waals surface area contributed by atoms with Crippen LogP contribution >= 0.6 is 0 Å². The zero-order valence-corrected chi connectivity index (χ0v) is 29.6. The van der Waals surface area contributed by atoms with E-state index >= 15 is 0 Å². The molecule has 0 radical (unpaired) electrons. The van der Waals surface area contributed by atoms with E-state index in [9.17, 15) is 14.4 Å². The van der Waals surface area contributed by atoms with Gasteiger partial charge < -0.3 is 38.1 Å². The first-order valence-electron chi connectivity index (χ1n) is 18.6. The largest absolute Gasteiger partial charge is 0.353 e. The van der Waals surface area contributed by atoms with Gasteiger partial charge in [-0.1, -0.05) is 27.7 Å². The van der Waals surface area contributed by atoms with Crippen LogP contribution < -0.4 is 33.2 Å². The molecule has 46 heavy (non-hydrogen) atoms. The number of carbonyl (C=O) groups excluding carboxylic acids is 3. The van der Waals surface area contributed by atoms with Gasteiger partial charge in [-0.3, -0.25) is 14.4 Å². The second kappa shape index (κ2) is 16.1. The van der Waals surface area contributed by atoms with Gasteiger partial charge in [0.1, 0.15) is 0 Å². The van der Waals surface area contributed by atoms with Gasteiger partial charge in [0.15, 0.2) is 0 Å². The third kappa shape index (κ3) is 7.76. The SMILES string of the molecule is CCN(C)CCC[C@@H](C)[C@H]1CC[C@H]2C3C(NC(=O)CCN)CC4C[C@H](NC(=O)CCN)CC[C@]4(C)[C@H]3C[C@H](NC(=O)CCN)[C@]12C. The van der Waals surface area contributed by atoms with Crippen LogP contribution in [0.4, 0.5) is 0 Å². The monoisotopic (exact) mass is 646 g/mol. The quantitative estimate of drug-likeness (QED) is 0.159. The summed E-state index contributed by atoms with van der Waals surface area (Å²) in [6, 6.07) is 0.272. The lowest BCUT2D eigenvalue weighted by Crippen LogP contribution is -2.67. The summed E-state index contributed by atoms with van der Waals surface area (Å²) in [4.78, 5) is 41.4. The zero-order valence-electron chi connectivity index (χ0n) is 29.6. The summed E-state index contributed by atoms with van der Waals surface area (Å²) in [7, 11) is 2.19. The second-order valence-corrected chi connectivity index (χ2v) is 16.0. The lowest BCUT2D eigenvalue weighted by atomic mass is 9.42. The number of amides is 3. The predicted octanol–water partition coefficient (Wildman–Crippen LogP) is 2.73. The van der Waals surface area contributed by atoms with E-state index in [1.807, 2.05) is 0 Å². The fraction of sp³-hybridized carbons (Fsp3) is 0.917. The summed E-state index contributed by atoms with van der Waals surface area (Å²) >= 11 is 0. The summed E-state index contributed by atoms with van der Waals surface area (Å²) in [6.45, 7) is 12.8. The van der Waals surface area contributed by atoms with Crippen molar-refractivity contribution in [1.82, 2.24) is 20.9 Å². The average Bonchev–Trinajstić information content (AvgIpc) is 3.36. The molecule has 0 spiro atoms. The Balaban J connectivity index is 1.68. The standard InChI is InChI=1S/C36H67N7O3/c1-6-43(5)19-7-8-23(2)26-9-10-27-34-28(22-30(36(26,27)4)42-33(46)14-18-39)35(3)15-11-25(40-31(44)12-16-37)20-24(35)21-29(34)41-32(45)13-17-38/h23-30,34H,6-22,37-39H2,1-5H3,(H,40,44)(H,41,45)(H,42,46)/t23-,24?,25-,26-,27+,28+,29?,30+,34?,35+,36-/m1/s1. The van der Waals surface area contributed by atoms with Crippen LogP contribution in [0.25, 0.3) is 0 Å². The van der Waals surface area contributed by atoms with Crippen molar-refractivity contribution in [2.24, 2.45) is 63.5 Å². The number of hydrogen-bond acceptors (Lipinski definition) is 7. The van der Waals surface area contributed by atoms with Crippen molar-refractivity contribution in [3.05, 3.63) is 0 Å². The highest BCUT2D eigenvalue weighted by Crippen LogP contribution is 2.68. The molecule has 264 valence electrons. The van der Waals surface area contributed by atoms with Gasteiger partial charge in [-0.25, -0.2) is 0 Å². The molecule has 0 saturated heterocycles. The second-order valence-electron chi connectivity index (χ2n) is 16.0. The van der Waals surface area contributed by atoms with Crippen LogP contribution in [-0.2, 0) is 14.4 Å². The van der Waals surface area contributed by atoms with Gasteiger partial charge >= 0.3 is 0 Å². The average molecular weight is 646 g/mol. The molecule has 0 heterocycles. The van der Waals surface area contributed by atoms with Gasteiger partial charge in [-0.15, -0.1) is 0 Å². The van der Waals surface area contributed by atoms with Crippen LogP contribution in [0.1, 0.15) is 105 Å². The number of rotatable bonds is 15. The third-order valence-electron chi connectivity index (χ3n) is 13.5. The molecular weight excluding hydrogens is 578 g/mol. The van der Waals surface area contributed by atoms with E-state index in [-0.39, 0.29) is 46.7 Å². The van der Waals surface area contributed by atoms with Crippen LogP contribution in [0.15, 0.2) is 0 Å². The smallest absolute Gasteiger partial charge is 0.221 e. The minimum atomic E-state index is -0.0606. The van der Waals surface area contributed by atoms with Gasteiger partial charge in [0.25, 0.3) is 0 Å². The molecule has 4 aliphatic rings. The molecule has 0 bridgehead atoms. The van der Waals surface area contributed by atoms with Gasteiger partial charge in [-0.2, -0.15) is 0 Å². The maximum atomic E-state index is 13.3. The van der Waals surface area contributed by atoms with E-state index in [0.717, 1.165) is 58.0 Å². The van der Waals surface area contributed by atoms with E-state index in [4.69, 9.17) is 17.2 Å². The zero-order chi connectivity index (χ0) is 33.6. The van der Waals surface area contributed by atoms with Crippen LogP contribution in [0, 0.1) is 46.3 Å². The van der Waals surface area contributed by atoms with E-state index in [2.05, 4.69) is 55.6 Å². The molecule has 4 saturated carbocycles. The first kappa shape index (κ1) is 37.1. The predicted molar refractivity (Wildman–Crippen MR) is 184 cm³/mol. The Kier molecular flexibility index (Phi) is 13.0. The van der Waals surface area contributed by atoms with Gasteiger partial charge in [0.05, 0.1) is 0 Å². The number of hydrogen-bond donors (Lipinski definition) is 6. The molecule has 4 fully saturated rings. The Morgan fingerprint density at radius 3 is 2.11 bits per heavy atom. The highest BCUT2D eigenvalue weighted by molar-refractivity contribution is 5.77. The summed E-state index contributed by atoms with van der Waals surface area (Å²) < 4.78 is 0. The summed E-state index contributed by atoms with van der Waals surface area (Å²) in [5.41, 5.74) is 17.4. The molecule has 4 aliphatic carbocycles. The van der Waals surface area contributed by atoms with E-state index in [0.29, 0.717) is 74.4 Å². The minimum absolute atomic E-state index is 0.0288. The number of carbonyl (C=O) groups is 3. The fourth-order valence-electron chi connectivity index (χ4n) is 11.0. The van der Waals surface area contributed by atoms with E-state index in [1.54, 1.807) is 0 Å². The van der Waals surface area contributed by atoms with Crippen molar-refractivity contribution in [3.8, 4) is 0 Å². The highest BCUT2D eigenvalue weighted by Gasteiger charge is 2.66. The molecule has 9 N–H and O–H groups in total. The highest BCUT2D eigenvalue weighted by atomic mass is 16.2. The number of fused-ring (bicyclic) bond motifs is 5. The molecule has 10 heteroatoms. The lowest BCUT2D eigenvalue weighted by Gasteiger charge is -2.65. The lowest BCUT2D eigenvalue weighted by molar-refractivity contribution is -0.153. The molecule has 3 unspecified atom stereocenters. The van der Waals surface area contributed by atoms with Crippen molar-refractivity contribution >= 4 is 17.7 Å². The Morgan fingerprint density at radius 1 is 0.848 bits per heavy atom. The van der Waals surface area contributed by atoms with Crippen LogP contribution in [-0.4, -0.2) is 80.5 Å². The summed E-state index contributed by atoms with van der Waals surface area (Å²) in [5, 5.41) is 10.3. The number of nitrogens with zero attached hydrogens (tertiary/aromatic N) is 1. The van der Waals surface area contributed by atoms with Crippen molar-refractivity contribution in [2.75, 3.05) is 39.8 Å². The van der Waals surface area contributed by atoms with E-state index < -0.39 is 0 Å². The normalized spacial score (nSPS) is 37.5. The summed E-state index contributed by atoms with van der Waals surface area (Å²) in [6.07, 6.45) is 10.4. The Hall–Kier alpha value is -1.75. The molecule has 0 aromatic carbocycles. The number of nitrogens with one attached hydrogen (secondary N) is 3. The minimum Gasteiger partial charge on any atom is -0.353 e. The molecule has 0 aromatic heterocycles. The van der Waals surface area contributed by atoms with E-state index in [1.165, 1.54) is 12.8 Å². The van der Waals surface area contributed by atoms with Crippen molar-refractivity contribution < 1.29 is 14.4 Å². The molecule has 4 rings (SSSR count). The first-order chi connectivity index (χ1) is 21.9. The molecule has 10 nitrogen and oxygen atoms in total. The number of nitrogens with two attached hydrogens (primary N) is 3. The maximum absolute atomic E-state index is 13.3. The first-order valence-corrected chi connectivity index (χ1v) is 18.6. The maximum Gasteiger partial charge on any atom is 0.221 e. The van der Waals surface area contributed by atoms with Crippen molar-refractivity contribution in [2.45, 2.75) is 123 Å². The van der Waals surface area contributed by atoms with Gasteiger partial charge in [0.2, 0.25) is 17.7 Å². The van der Waals surface area contributed by atoms with Crippen LogP contribution in [0.5, 0.6) is 0 Å². The Labute approximate surface area is 278 Å². The molecule has 0 aromatic rings. The van der Waals surface area contributed by atoms with Gasteiger partial charge in [-0.05, 0) is 124 Å². The topological polar surface area (TPSA) is 169 Å². The molecule has 11 atom stereocenters. The molecular formula is C36H67N7O3. The van der Waals surface area contributed by atoms with Gasteiger partial charge in [0, 0.05) is 57.0 Å². The summed E-state index contributed by atoms with van der Waals surface area (Å²) in [5.74, 6) is 2.68. The van der Waals surface area contributed by atoms with Crippen molar-refractivity contribution in [1.29, 1.82) is 0 Å². The van der Waals surface area contributed by atoms with Crippen LogP contribution in [0.2, 0.25) is 0 Å². The molecule has 3 amide bonds.